The maximum absolute atomic E-state index is 12.5. The number of aliphatic hydroxyl groups excluding tert-OH is 2. The van der Waals surface area contributed by atoms with Gasteiger partial charge in [0, 0.05) is 12.8 Å². The van der Waals surface area contributed by atoms with Crippen LogP contribution in [0.25, 0.3) is 0 Å². The molecule has 0 aliphatic rings. The van der Waals surface area contributed by atoms with E-state index in [1.54, 1.807) is 0 Å². The Labute approximate surface area is 499 Å². The second-order valence-electron chi connectivity index (χ2n) is 24.6. The molecule has 0 saturated carbocycles. The average molecular weight is 1120 g/mol. The fourth-order valence-corrected chi connectivity index (χ4v) is 11.1. The smallest absolute Gasteiger partial charge is 0.305 e. The number of unbranched alkanes of at least 4 members (excludes halogenated alkanes) is 48. The van der Waals surface area contributed by atoms with Crippen LogP contribution < -0.4 is 5.32 Å². The third-order valence-electron chi connectivity index (χ3n) is 16.6. The van der Waals surface area contributed by atoms with Crippen LogP contribution >= 0.6 is 0 Å². The van der Waals surface area contributed by atoms with Crippen molar-refractivity contribution in [2.45, 2.75) is 398 Å². The topological polar surface area (TPSA) is 95.9 Å². The molecule has 0 spiro atoms. The first kappa shape index (κ1) is 77.8. The molecule has 0 heterocycles. The molecule has 1 amide bonds. The maximum atomic E-state index is 12.5. The minimum absolute atomic E-state index is 0.00715. The Morgan fingerprint density at radius 1 is 0.350 bits per heavy atom. The molecule has 80 heavy (non-hydrogen) atoms. The summed E-state index contributed by atoms with van der Waals surface area (Å²) < 4.78 is 5.50. The molecule has 470 valence electrons. The molecule has 2 unspecified atom stereocenters. The van der Waals surface area contributed by atoms with Crippen LogP contribution in [0.4, 0.5) is 0 Å². The molecule has 6 nitrogen and oxygen atoms in total. The molecule has 0 aliphatic heterocycles. The summed E-state index contributed by atoms with van der Waals surface area (Å²) in [6, 6.07) is -0.545. The Hall–Kier alpha value is -2.18. The summed E-state index contributed by atoms with van der Waals surface area (Å²) in [6.45, 7) is 4.95. The summed E-state index contributed by atoms with van der Waals surface area (Å²) in [5.74, 6) is -0.0284. The zero-order valence-electron chi connectivity index (χ0n) is 53.8. The standard InChI is InChI=1S/C74H139NO5/c1-3-5-7-9-11-13-15-17-19-21-31-36-40-44-48-52-56-60-64-68-74(79)80-69-65-61-57-53-49-45-41-37-33-30-28-26-24-22-23-25-27-29-32-35-39-43-47-51-55-59-63-67-73(78)75-71(70-76)72(77)66-62-58-54-50-46-42-38-34-20-18-16-14-12-10-8-6-4-2/h11,13,17,19,22-23,26,28,71-72,76-77H,3-10,12,14-16,18,20-21,24-25,27,29-70H2,1-2H3,(H,75,78)/b13-11-,19-17-,23-22-,28-26-. The highest BCUT2D eigenvalue weighted by Gasteiger charge is 2.20. The largest absolute Gasteiger partial charge is 0.466 e. The minimum atomic E-state index is -0.668. The number of nitrogens with one attached hydrogen (secondary N) is 1. The van der Waals surface area contributed by atoms with Crippen molar-refractivity contribution in [3.8, 4) is 0 Å². The lowest BCUT2D eigenvalue weighted by molar-refractivity contribution is -0.143. The SMILES string of the molecule is CCCCC/C=C\C/C=C\CCCCCCCCCCCC(=O)OCCCCCCCCCCC/C=C\C/C=C\CCCCCCCCCCCCCC(=O)NC(CO)C(O)CCCCCCCCCCCCCCCCCCC. The van der Waals surface area contributed by atoms with Gasteiger partial charge >= 0.3 is 5.97 Å². The van der Waals surface area contributed by atoms with E-state index >= 15 is 0 Å². The Morgan fingerprint density at radius 2 is 0.625 bits per heavy atom. The summed E-state index contributed by atoms with van der Waals surface area (Å²) in [7, 11) is 0. The predicted octanol–water partition coefficient (Wildman–Crippen LogP) is 23.3. The number of carbonyl (C=O) groups excluding carboxylic acids is 2. The molecule has 0 aromatic rings. The molecule has 0 bridgehead atoms. The number of hydrogen-bond donors (Lipinski definition) is 3. The average Bonchev–Trinajstić information content (AvgIpc) is 3.46. The lowest BCUT2D eigenvalue weighted by atomic mass is 10.0. The van der Waals surface area contributed by atoms with E-state index < -0.39 is 12.1 Å². The van der Waals surface area contributed by atoms with Gasteiger partial charge in [0.2, 0.25) is 5.91 Å². The van der Waals surface area contributed by atoms with Gasteiger partial charge in [-0.15, -0.1) is 0 Å². The Morgan fingerprint density at radius 3 is 0.975 bits per heavy atom. The molecule has 0 saturated heterocycles. The predicted molar refractivity (Wildman–Crippen MR) is 352 cm³/mol. The number of aliphatic hydroxyl groups is 2. The summed E-state index contributed by atoms with van der Waals surface area (Å²) in [4.78, 5) is 24.6. The van der Waals surface area contributed by atoms with Crippen molar-refractivity contribution < 1.29 is 24.5 Å². The third-order valence-corrected chi connectivity index (χ3v) is 16.6. The van der Waals surface area contributed by atoms with E-state index in [9.17, 15) is 19.8 Å². The number of hydrogen-bond acceptors (Lipinski definition) is 5. The highest BCUT2D eigenvalue weighted by molar-refractivity contribution is 5.76. The molecular formula is C74H139NO5. The molecular weight excluding hydrogens is 983 g/mol. The molecule has 0 fully saturated rings. The van der Waals surface area contributed by atoms with E-state index in [2.05, 4.69) is 67.8 Å². The van der Waals surface area contributed by atoms with Crippen molar-refractivity contribution in [1.29, 1.82) is 0 Å². The first-order valence-electron chi connectivity index (χ1n) is 35.9. The second kappa shape index (κ2) is 69.3. The van der Waals surface area contributed by atoms with Crippen molar-refractivity contribution in [1.82, 2.24) is 5.32 Å². The number of rotatable bonds is 67. The van der Waals surface area contributed by atoms with E-state index in [4.69, 9.17) is 4.74 Å². The zero-order valence-corrected chi connectivity index (χ0v) is 53.8. The lowest BCUT2D eigenvalue weighted by Gasteiger charge is -2.22. The van der Waals surface area contributed by atoms with Gasteiger partial charge < -0.3 is 20.3 Å². The van der Waals surface area contributed by atoms with Gasteiger partial charge in [0.15, 0.2) is 0 Å². The van der Waals surface area contributed by atoms with Gasteiger partial charge in [0.05, 0.1) is 25.4 Å². The van der Waals surface area contributed by atoms with Crippen molar-refractivity contribution in [2.75, 3.05) is 13.2 Å². The van der Waals surface area contributed by atoms with Crippen molar-refractivity contribution in [3.05, 3.63) is 48.6 Å². The summed E-state index contributed by atoms with van der Waals surface area (Å²) in [6.07, 6.45) is 90.1. The van der Waals surface area contributed by atoms with Crippen LogP contribution in [0.1, 0.15) is 386 Å². The summed E-state index contributed by atoms with van der Waals surface area (Å²) in [5, 5.41) is 23.4. The van der Waals surface area contributed by atoms with E-state index in [1.165, 1.54) is 295 Å². The van der Waals surface area contributed by atoms with Crippen LogP contribution in [0.2, 0.25) is 0 Å². The maximum Gasteiger partial charge on any atom is 0.305 e. The first-order valence-corrected chi connectivity index (χ1v) is 35.9. The highest BCUT2D eigenvalue weighted by atomic mass is 16.5. The van der Waals surface area contributed by atoms with Crippen LogP contribution in [0.15, 0.2) is 48.6 Å². The van der Waals surface area contributed by atoms with Crippen LogP contribution in [0.3, 0.4) is 0 Å². The Kier molecular flexibility index (Phi) is 67.4. The Bertz CT molecular complexity index is 1340. The highest BCUT2D eigenvalue weighted by Crippen LogP contribution is 2.18. The molecule has 0 aromatic heterocycles. The van der Waals surface area contributed by atoms with Crippen molar-refractivity contribution in [3.63, 3.8) is 0 Å². The van der Waals surface area contributed by atoms with Gasteiger partial charge in [-0.1, -0.05) is 332 Å². The lowest BCUT2D eigenvalue weighted by Crippen LogP contribution is -2.45. The number of amides is 1. The van der Waals surface area contributed by atoms with Crippen LogP contribution in [0.5, 0.6) is 0 Å². The van der Waals surface area contributed by atoms with Crippen molar-refractivity contribution >= 4 is 11.9 Å². The van der Waals surface area contributed by atoms with Gasteiger partial charge in [-0.25, -0.2) is 0 Å². The van der Waals surface area contributed by atoms with Gasteiger partial charge in [-0.3, -0.25) is 9.59 Å². The van der Waals surface area contributed by atoms with E-state index in [1.807, 2.05) is 0 Å². The fourth-order valence-electron chi connectivity index (χ4n) is 11.1. The molecule has 0 rings (SSSR count). The van der Waals surface area contributed by atoms with Crippen molar-refractivity contribution in [2.24, 2.45) is 0 Å². The summed E-state index contributed by atoms with van der Waals surface area (Å²) in [5.41, 5.74) is 0. The third kappa shape index (κ3) is 65.0. The quantitative estimate of drug-likeness (QED) is 0.0320. The van der Waals surface area contributed by atoms with E-state index in [0.29, 0.717) is 25.9 Å². The molecule has 2 atom stereocenters. The molecule has 3 N–H and O–H groups in total. The first-order chi connectivity index (χ1) is 39.5. The minimum Gasteiger partial charge on any atom is -0.466 e. The number of ether oxygens (including phenoxy) is 1. The van der Waals surface area contributed by atoms with E-state index in [0.717, 1.165) is 57.8 Å². The van der Waals surface area contributed by atoms with Gasteiger partial charge in [-0.05, 0) is 89.9 Å². The monoisotopic (exact) mass is 1120 g/mol. The second-order valence-corrected chi connectivity index (χ2v) is 24.6. The molecule has 0 radical (unpaired) electrons. The van der Waals surface area contributed by atoms with Gasteiger partial charge in [0.25, 0.3) is 0 Å². The zero-order chi connectivity index (χ0) is 57.8. The van der Waals surface area contributed by atoms with E-state index in [-0.39, 0.29) is 18.5 Å². The van der Waals surface area contributed by atoms with Crippen LogP contribution in [-0.4, -0.2) is 47.4 Å². The fraction of sp³-hybridized carbons (Fsp3) is 0.865. The number of allylic oxidation sites excluding steroid dienone is 8. The number of carbonyl (C=O) groups is 2. The molecule has 6 heteroatoms. The van der Waals surface area contributed by atoms with Crippen LogP contribution in [0, 0.1) is 0 Å². The normalized spacial score (nSPS) is 12.8. The number of esters is 1. The van der Waals surface area contributed by atoms with Crippen LogP contribution in [-0.2, 0) is 14.3 Å². The Balaban J connectivity index is 3.41. The summed E-state index contributed by atoms with van der Waals surface area (Å²) >= 11 is 0. The van der Waals surface area contributed by atoms with Gasteiger partial charge in [-0.2, -0.15) is 0 Å². The molecule has 0 aliphatic carbocycles. The van der Waals surface area contributed by atoms with Gasteiger partial charge in [0.1, 0.15) is 0 Å². The molecule has 0 aromatic carbocycles.